The Bertz CT molecular complexity index is 501. The summed E-state index contributed by atoms with van der Waals surface area (Å²) in [5, 5.41) is 0. The molecule has 2 aliphatic carbocycles. The first kappa shape index (κ1) is 20.8. The second-order valence-electron chi connectivity index (χ2n) is 9.49. The van der Waals surface area contributed by atoms with Gasteiger partial charge in [-0.1, -0.05) is 0 Å². The quantitative estimate of drug-likeness (QED) is 0.620. The molecule has 0 radical (unpaired) electrons. The smallest absolute Gasteiger partial charge is 0.431 e. The fraction of sp³-hybridized carbons (Fsp3) is 0.900. The molecule has 0 aliphatic heterocycles. The third-order valence-corrected chi connectivity index (χ3v) is 4.83. The van der Waals surface area contributed by atoms with E-state index in [9.17, 15) is 9.59 Å². The van der Waals surface area contributed by atoms with Crippen LogP contribution in [0, 0.1) is 11.8 Å². The molecule has 0 aromatic heterocycles. The summed E-state index contributed by atoms with van der Waals surface area (Å²) < 4.78 is 21.7. The van der Waals surface area contributed by atoms with E-state index < -0.39 is 23.5 Å². The molecule has 4 atom stereocenters. The minimum absolute atomic E-state index is 0.173. The summed E-state index contributed by atoms with van der Waals surface area (Å²) >= 11 is 0. The predicted octanol–water partition coefficient (Wildman–Crippen LogP) is 5.23. The van der Waals surface area contributed by atoms with Crippen molar-refractivity contribution >= 4 is 12.3 Å². The minimum atomic E-state index is -0.624. The molecule has 2 fully saturated rings. The van der Waals surface area contributed by atoms with Crippen LogP contribution in [-0.2, 0) is 18.9 Å². The van der Waals surface area contributed by atoms with E-state index in [2.05, 4.69) is 0 Å². The van der Waals surface area contributed by atoms with E-state index in [1.54, 1.807) is 0 Å². The SMILES string of the molecule is CC(C)(C)OC(=O)OC1CCC2CCCC(OC(=O)OC(C)(C)C)C2C1. The van der Waals surface area contributed by atoms with E-state index in [0.29, 0.717) is 12.3 Å². The van der Waals surface area contributed by atoms with Crippen LogP contribution in [0.4, 0.5) is 9.59 Å². The highest BCUT2D eigenvalue weighted by molar-refractivity contribution is 5.61. The van der Waals surface area contributed by atoms with Crippen LogP contribution in [-0.4, -0.2) is 35.7 Å². The molecule has 150 valence electrons. The zero-order valence-corrected chi connectivity index (χ0v) is 17.0. The number of ether oxygens (including phenoxy) is 4. The molecule has 4 unspecified atom stereocenters. The van der Waals surface area contributed by atoms with Crippen molar-refractivity contribution in [3.8, 4) is 0 Å². The predicted molar refractivity (Wildman–Crippen MR) is 96.9 cm³/mol. The summed E-state index contributed by atoms with van der Waals surface area (Å²) in [6.45, 7) is 10.9. The molecular formula is C20H34O6. The van der Waals surface area contributed by atoms with Gasteiger partial charge in [-0.25, -0.2) is 9.59 Å². The number of hydrogen-bond donors (Lipinski definition) is 0. The monoisotopic (exact) mass is 370 g/mol. The lowest BCUT2D eigenvalue weighted by molar-refractivity contribution is -0.0890. The molecule has 2 rings (SSSR count). The van der Waals surface area contributed by atoms with Gasteiger partial charge in [0.25, 0.3) is 0 Å². The maximum absolute atomic E-state index is 12.1. The van der Waals surface area contributed by atoms with Gasteiger partial charge in [-0.05, 0) is 86.0 Å². The molecule has 0 amide bonds. The zero-order chi connectivity index (χ0) is 19.5. The van der Waals surface area contributed by atoms with Gasteiger partial charge in [0.15, 0.2) is 0 Å². The maximum Gasteiger partial charge on any atom is 0.509 e. The summed E-state index contributed by atoms with van der Waals surface area (Å²) in [6.07, 6.45) is 3.94. The largest absolute Gasteiger partial charge is 0.509 e. The van der Waals surface area contributed by atoms with Crippen LogP contribution in [0.5, 0.6) is 0 Å². The molecule has 6 nitrogen and oxygen atoms in total. The van der Waals surface area contributed by atoms with Crippen LogP contribution in [0.15, 0.2) is 0 Å². The molecule has 0 heterocycles. The van der Waals surface area contributed by atoms with Crippen molar-refractivity contribution in [2.75, 3.05) is 0 Å². The van der Waals surface area contributed by atoms with Crippen molar-refractivity contribution in [3.63, 3.8) is 0 Å². The first-order valence-corrected chi connectivity index (χ1v) is 9.72. The Morgan fingerprint density at radius 3 is 1.92 bits per heavy atom. The van der Waals surface area contributed by atoms with Crippen LogP contribution in [0.3, 0.4) is 0 Å². The highest BCUT2D eigenvalue weighted by Gasteiger charge is 2.42. The molecule has 2 saturated carbocycles. The Morgan fingerprint density at radius 2 is 1.35 bits per heavy atom. The fourth-order valence-electron chi connectivity index (χ4n) is 3.90. The Morgan fingerprint density at radius 1 is 0.769 bits per heavy atom. The first-order chi connectivity index (χ1) is 11.9. The van der Waals surface area contributed by atoms with Crippen molar-refractivity contribution < 1.29 is 28.5 Å². The summed E-state index contributed by atoms with van der Waals surface area (Å²) in [5.74, 6) is 0.715. The lowest BCUT2D eigenvalue weighted by Gasteiger charge is -2.42. The van der Waals surface area contributed by atoms with Gasteiger partial charge in [-0.3, -0.25) is 0 Å². The highest BCUT2D eigenvalue weighted by Crippen LogP contribution is 2.43. The van der Waals surface area contributed by atoms with Gasteiger partial charge in [-0.2, -0.15) is 0 Å². The number of carbonyl (C=O) groups excluding carboxylic acids is 2. The summed E-state index contributed by atoms with van der Waals surface area (Å²) in [7, 11) is 0. The van der Waals surface area contributed by atoms with Crippen LogP contribution in [0.2, 0.25) is 0 Å². The van der Waals surface area contributed by atoms with E-state index in [4.69, 9.17) is 18.9 Å². The Kier molecular flexibility index (Phi) is 6.46. The molecule has 0 bridgehead atoms. The van der Waals surface area contributed by atoms with E-state index in [1.807, 2.05) is 41.5 Å². The Hall–Kier alpha value is -1.46. The minimum Gasteiger partial charge on any atom is -0.431 e. The van der Waals surface area contributed by atoms with Gasteiger partial charge < -0.3 is 18.9 Å². The topological polar surface area (TPSA) is 71.1 Å². The Balaban J connectivity index is 1.92. The molecule has 2 aliphatic rings. The molecular weight excluding hydrogens is 336 g/mol. The first-order valence-electron chi connectivity index (χ1n) is 9.72. The lowest BCUT2D eigenvalue weighted by Crippen LogP contribution is -2.43. The van der Waals surface area contributed by atoms with Gasteiger partial charge in [0.1, 0.15) is 23.4 Å². The van der Waals surface area contributed by atoms with E-state index in [-0.39, 0.29) is 18.1 Å². The lowest BCUT2D eigenvalue weighted by atomic mass is 9.68. The summed E-state index contributed by atoms with van der Waals surface area (Å²) in [6, 6.07) is 0. The van der Waals surface area contributed by atoms with Crippen molar-refractivity contribution in [2.24, 2.45) is 11.8 Å². The molecule has 0 saturated heterocycles. The van der Waals surface area contributed by atoms with Crippen molar-refractivity contribution in [1.29, 1.82) is 0 Å². The third-order valence-electron chi connectivity index (χ3n) is 4.83. The van der Waals surface area contributed by atoms with Crippen molar-refractivity contribution in [1.82, 2.24) is 0 Å². The zero-order valence-electron chi connectivity index (χ0n) is 17.0. The van der Waals surface area contributed by atoms with Crippen LogP contribution < -0.4 is 0 Å². The average Bonchev–Trinajstić information content (AvgIpc) is 2.43. The summed E-state index contributed by atoms with van der Waals surface area (Å²) in [5.41, 5.74) is -1.14. The molecule has 0 N–H and O–H groups in total. The highest BCUT2D eigenvalue weighted by atomic mass is 16.7. The Labute approximate surface area is 156 Å². The molecule has 0 aromatic rings. The molecule has 0 spiro atoms. The second-order valence-corrected chi connectivity index (χ2v) is 9.49. The molecule has 6 heteroatoms. The van der Waals surface area contributed by atoms with Crippen LogP contribution >= 0.6 is 0 Å². The number of hydrogen-bond acceptors (Lipinski definition) is 6. The van der Waals surface area contributed by atoms with Crippen LogP contribution in [0.25, 0.3) is 0 Å². The molecule has 0 aromatic carbocycles. The van der Waals surface area contributed by atoms with E-state index in [0.717, 1.165) is 32.1 Å². The number of fused-ring (bicyclic) bond motifs is 1. The number of rotatable bonds is 2. The van der Waals surface area contributed by atoms with Crippen molar-refractivity contribution in [2.45, 2.75) is 103 Å². The van der Waals surface area contributed by atoms with Crippen molar-refractivity contribution in [3.05, 3.63) is 0 Å². The van der Waals surface area contributed by atoms with Gasteiger partial charge in [0.05, 0.1) is 0 Å². The number of carbonyl (C=O) groups is 2. The second kappa shape index (κ2) is 8.05. The normalized spacial score (nSPS) is 29.3. The average molecular weight is 370 g/mol. The fourth-order valence-corrected chi connectivity index (χ4v) is 3.90. The van der Waals surface area contributed by atoms with E-state index in [1.165, 1.54) is 0 Å². The van der Waals surface area contributed by atoms with Gasteiger partial charge in [0.2, 0.25) is 0 Å². The van der Waals surface area contributed by atoms with E-state index >= 15 is 0 Å². The summed E-state index contributed by atoms with van der Waals surface area (Å²) in [4.78, 5) is 24.0. The molecule has 26 heavy (non-hydrogen) atoms. The standard InChI is InChI=1S/C20H34O6/c1-19(2,3)25-17(21)23-14-11-10-13-8-7-9-16(15(13)12-14)24-18(22)26-20(4,5)6/h13-16H,7-12H2,1-6H3. The maximum atomic E-state index is 12.1. The van der Waals surface area contributed by atoms with Gasteiger partial charge in [-0.15, -0.1) is 0 Å². The third kappa shape index (κ3) is 6.69. The van der Waals surface area contributed by atoms with Crippen LogP contribution in [0.1, 0.15) is 80.1 Å². The van der Waals surface area contributed by atoms with Gasteiger partial charge in [0, 0.05) is 5.92 Å². The van der Waals surface area contributed by atoms with Gasteiger partial charge >= 0.3 is 12.3 Å².